The van der Waals surface area contributed by atoms with Gasteiger partial charge in [-0.15, -0.1) is 0 Å². The summed E-state index contributed by atoms with van der Waals surface area (Å²) in [4.78, 5) is 9.64. The highest BCUT2D eigenvalue weighted by Gasteiger charge is 2.15. The van der Waals surface area contributed by atoms with Gasteiger partial charge >= 0.3 is 0 Å². The van der Waals surface area contributed by atoms with E-state index in [2.05, 4.69) is 0 Å². The zero-order valence-corrected chi connectivity index (χ0v) is 6.93. The largest absolute Gasteiger partial charge is 0.275 e. The first kappa shape index (κ1) is 8.93. The Morgan fingerprint density at radius 2 is 2.17 bits per heavy atom. The second-order valence-corrected chi connectivity index (χ2v) is 2.67. The van der Waals surface area contributed by atoms with Crippen molar-refractivity contribution in [3.05, 3.63) is 38.7 Å². The van der Waals surface area contributed by atoms with E-state index in [9.17, 15) is 14.5 Å². The maximum absolute atomic E-state index is 12.9. The van der Waals surface area contributed by atoms with Gasteiger partial charge in [-0.3, -0.25) is 10.1 Å². The van der Waals surface area contributed by atoms with Crippen LogP contribution in [0.3, 0.4) is 0 Å². The number of nitro groups is 1. The van der Waals surface area contributed by atoms with Crippen molar-refractivity contribution in [2.24, 2.45) is 0 Å². The molecular weight excluding hydrogens is 185 g/mol. The molecule has 0 fully saturated rings. The van der Waals surface area contributed by atoms with Crippen LogP contribution >= 0.6 is 11.6 Å². The number of hydrogen-bond donors (Lipinski definition) is 0. The van der Waals surface area contributed by atoms with E-state index in [0.717, 1.165) is 0 Å². The molecule has 0 radical (unpaired) electrons. The Bertz CT molecular complexity index is 340. The van der Waals surface area contributed by atoms with E-state index in [4.69, 9.17) is 11.6 Å². The van der Waals surface area contributed by atoms with Crippen LogP contribution in [-0.2, 0) is 0 Å². The molecule has 0 heterocycles. The van der Waals surface area contributed by atoms with Crippen LogP contribution in [0.4, 0.5) is 10.1 Å². The fourth-order valence-electron chi connectivity index (χ4n) is 0.840. The summed E-state index contributed by atoms with van der Waals surface area (Å²) in [5.74, 6) is -0.731. The normalized spacial score (nSPS) is 9.92. The van der Waals surface area contributed by atoms with Crippen LogP contribution in [0.2, 0.25) is 5.02 Å². The monoisotopic (exact) mass is 189 g/mol. The van der Waals surface area contributed by atoms with Gasteiger partial charge in [0, 0.05) is 6.07 Å². The Balaban J connectivity index is 3.36. The Hall–Kier alpha value is -1.16. The van der Waals surface area contributed by atoms with E-state index in [1.54, 1.807) is 0 Å². The minimum absolute atomic E-state index is 0.0347. The quantitative estimate of drug-likeness (QED) is 0.504. The molecule has 0 unspecified atom stereocenters. The van der Waals surface area contributed by atoms with Crippen molar-refractivity contribution >= 4 is 17.3 Å². The predicted molar refractivity (Wildman–Crippen MR) is 42.8 cm³/mol. The van der Waals surface area contributed by atoms with E-state index >= 15 is 0 Å². The van der Waals surface area contributed by atoms with Crippen molar-refractivity contribution in [1.82, 2.24) is 0 Å². The third-order valence-electron chi connectivity index (χ3n) is 1.51. The third-order valence-corrected chi connectivity index (χ3v) is 1.80. The second kappa shape index (κ2) is 3.06. The zero-order valence-electron chi connectivity index (χ0n) is 6.17. The van der Waals surface area contributed by atoms with Gasteiger partial charge in [0.15, 0.2) is 5.82 Å². The van der Waals surface area contributed by atoms with Crippen molar-refractivity contribution in [1.29, 1.82) is 0 Å². The van der Waals surface area contributed by atoms with Crippen LogP contribution in [0.5, 0.6) is 0 Å². The van der Waals surface area contributed by atoms with Crippen LogP contribution in [0.15, 0.2) is 12.1 Å². The topological polar surface area (TPSA) is 43.1 Å². The minimum atomic E-state index is -0.731. The molecule has 1 rings (SSSR count). The molecule has 0 aromatic heterocycles. The smallest absolute Gasteiger partial charge is 0.258 e. The lowest BCUT2D eigenvalue weighted by atomic mass is 10.2. The second-order valence-electron chi connectivity index (χ2n) is 2.26. The van der Waals surface area contributed by atoms with Gasteiger partial charge < -0.3 is 0 Å². The maximum Gasteiger partial charge on any atom is 0.275 e. The van der Waals surface area contributed by atoms with Gasteiger partial charge in [0.2, 0.25) is 0 Å². The first-order valence-electron chi connectivity index (χ1n) is 3.13. The first-order valence-corrected chi connectivity index (χ1v) is 3.51. The molecular formula is C7H5ClFNO2. The third kappa shape index (κ3) is 1.38. The molecule has 0 atom stereocenters. The number of rotatable bonds is 1. The summed E-state index contributed by atoms with van der Waals surface area (Å²) in [5, 5.41) is 10.2. The average Bonchev–Trinajstić information content (AvgIpc) is 2.00. The van der Waals surface area contributed by atoms with E-state index in [0.29, 0.717) is 0 Å². The molecule has 0 aliphatic carbocycles. The predicted octanol–water partition coefficient (Wildman–Crippen LogP) is 2.70. The van der Waals surface area contributed by atoms with Gasteiger partial charge in [-0.25, -0.2) is 4.39 Å². The molecule has 0 aliphatic heterocycles. The highest BCUT2D eigenvalue weighted by Crippen LogP contribution is 2.25. The molecule has 0 aliphatic rings. The molecule has 12 heavy (non-hydrogen) atoms. The van der Waals surface area contributed by atoms with Crippen molar-refractivity contribution < 1.29 is 9.31 Å². The Labute approximate surface area is 72.9 Å². The summed E-state index contributed by atoms with van der Waals surface area (Å²) < 4.78 is 12.9. The van der Waals surface area contributed by atoms with E-state index in [-0.39, 0.29) is 16.3 Å². The zero-order chi connectivity index (χ0) is 9.30. The SMILES string of the molecule is Cc1c([N+](=O)[O-])ccc(Cl)c1F. The highest BCUT2D eigenvalue weighted by atomic mass is 35.5. The lowest BCUT2D eigenvalue weighted by Gasteiger charge is -1.99. The molecule has 0 bridgehead atoms. The molecule has 5 heteroatoms. The minimum Gasteiger partial charge on any atom is -0.258 e. The van der Waals surface area contributed by atoms with E-state index in [1.807, 2.05) is 0 Å². The van der Waals surface area contributed by atoms with Gasteiger partial charge in [0.25, 0.3) is 5.69 Å². The fraction of sp³-hybridized carbons (Fsp3) is 0.143. The standard InChI is InChI=1S/C7H5ClFNO2/c1-4-6(10(11)12)3-2-5(8)7(4)9/h2-3H,1H3. The van der Waals surface area contributed by atoms with E-state index < -0.39 is 10.7 Å². The number of hydrogen-bond acceptors (Lipinski definition) is 2. The van der Waals surface area contributed by atoms with Gasteiger partial charge in [0.1, 0.15) is 0 Å². The molecule has 64 valence electrons. The summed E-state index contributed by atoms with van der Waals surface area (Å²) in [6.45, 7) is 1.32. The van der Waals surface area contributed by atoms with Crippen molar-refractivity contribution in [3.63, 3.8) is 0 Å². The number of nitro benzene ring substituents is 1. The van der Waals surface area contributed by atoms with Gasteiger partial charge in [-0.05, 0) is 13.0 Å². The Morgan fingerprint density at radius 1 is 1.58 bits per heavy atom. The molecule has 1 aromatic carbocycles. The van der Waals surface area contributed by atoms with Crippen molar-refractivity contribution in [3.8, 4) is 0 Å². The van der Waals surface area contributed by atoms with Crippen molar-refractivity contribution in [2.45, 2.75) is 6.92 Å². The summed E-state index contributed by atoms with van der Waals surface area (Å²) >= 11 is 5.39. The van der Waals surface area contributed by atoms with Crippen LogP contribution in [0.1, 0.15) is 5.56 Å². The molecule has 1 aromatic rings. The molecule has 0 saturated carbocycles. The molecule has 0 N–H and O–H groups in total. The fourth-order valence-corrected chi connectivity index (χ4v) is 1.04. The van der Waals surface area contributed by atoms with Crippen molar-refractivity contribution in [2.75, 3.05) is 0 Å². The maximum atomic E-state index is 12.9. The molecule has 0 spiro atoms. The average molecular weight is 190 g/mol. The van der Waals surface area contributed by atoms with Gasteiger partial charge in [-0.1, -0.05) is 11.6 Å². The highest BCUT2D eigenvalue weighted by molar-refractivity contribution is 6.30. The van der Waals surface area contributed by atoms with E-state index in [1.165, 1.54) is 19.1 Å². The molecule has 3 nitrogen and oxygen atoms in total. The van der Waals surface area contributed by atoms with Gasteiger partial charge in [0.05, 0.1) is 15.5 Å². The summed E-state index contributed by atoms with van der Waals surface area (Å²) in [7, 11) is 0. The van der Waals surface area contributed by atoms with Gasteiger partial charge in [-0.2, -0.15) is 0 Å². The Morgan fingerprint density at radius 3 is 2.67 bits per heavy atom. The molecule has 0 amide bonds. The first-order chi connectivity index (χ1) is 5.54. The van der Waals surface area contributed by atoms with Crippen LogP contribution in [0, 0.1) is 22.9 Å². The van der Waals surface area contributed by atoms with Crippen LogP contribution in [-0.4, -0.2) is 4.92 Å². The van der Waals surface area contributed by atoms with Crippen LogP contribution < -0.4 is 0 Å². The number of halogens is 2. The lowest BCUT2D eigenvalue weighted by molar-refractivity contribution is -0.385. The number of nitrogens with zero attached hydrogens (tertiary/aromatic N) is 1. The summed E-state index contributed by atoms with van der Waals surface area (Å²) in [6.07, 6.45) is 0. The van der Waals surface area contributed by atoms with Crippen LogP contribution in [0.25, 0.3) is 0 Å². The Kier molecular flexibility index (Phi) is 2.28. The molecule has 0 saturated heterocycles. The summed E-state index contributed by atoms with van der Waals surface area (Å²) in [6, 6.07) is 2.35. The lowest BCUT2D eigenvalue weighted by Crippen LogP contribution is -1.94. The number of benzene rings is 1. The summed E-state index contributed by atoms with van der Waals surface area (Å²) in [5.41, 5.74) is -0.288.